The fraction of sp³-hybridized carbons (Fsp3) is 0.118. The second-order valence-corrected chi connectivity index (χ2v) is 6.79. The van der Waals surface area contributed by atoms with Crippen molar-refractivity contribution >= 4 is 61.7 Å². The molecule has 0 saturated heterocycles. The molecule has 0 unspecified atom stereocenters. The fourth-order valence-electron chi connectivity index (χ4n) is 2.39. The Morgan fingerprint density at radius 1 is 1.36 bits per heavy atom. The molecule has 1 aromatic heterocycles. The highest BCUT2D eigenvalue weighted by molar-refractivity contribution is 9.10. The van der Waals surface area contributed by atoms with Crippen LogP contribution in [-0.4, -0.2) is 34.3 Å². The average molecular weight is 471 g/mol. The van der Waals surface area contributed by atoms with Crippen LogP contribution in [0.2, 0.25) is 5.02 Å². The number of aromatic nitrogens is 2. The number of benzene rings is 2. The molecule has 0 saturated carbocycles. The highest BCUT2D eigenvalue weighted by atomic mass is 79.9. The van der Waals surface area contributed by atoms with E-state index in [2.05, 4.69) is 36.5 Å². The molecule has 1 heterocycles. The molecule has 3 rings (SSSR count). The predicted molar refractivity (Wildman–Crippen MR) is 108 cm³/mol. The van der Waals surface area contributed by atoms with E-state index in [1.165, 1.54) is 12.4 Å². The third-order valence-corrected chi connectivity index (χ3v) is 4.95. The van der Waals surface area contributed by atoms with Crippen molar-refractivity contribution in [1.29, 1.82) is 0 Å². The first kappa shape index (κ1) is 19.9. The Morgan fingerprint density at radius 2 is 2.14 bits per heavy atom. The van der Waals surface area contributed by atoms with Crippen molar-refractivity contribution in [2.75, 3.05) is 24.2 Å². The number of nitrogens with one attached hydrogen (secondary N) is 2. The summed E-state index contributed by atoms with van der Waals surface area (Å²) in [4.78, 5) is 18.8. The standard InChI is InChI=1S/C17H14BrClFN5O3/c18-9-1-2-11(15(20)14(9)19)25-16-8-5-10(21)13(6-12(8)23-7-24-16)28-4-3-22-17(26)27/h1-2,5-7,22H,3-4,21H2,(H,26,27)(H,23,24,25). The molecule has 8 nitrogen and oxygen atoms in total. The Kier molecular flexibility index (Phi) is 6.00. The highest BCUT2D eigenvalue weighted by Crippen LogP contribution is 2.34. The molecule has 0 atom stereocenters. The molecule has 0 spiro atoms. The molecule has 146 valence electrons. The van der Waals surface area contributed by atoms with Gasteiger partial charge < -0.3 is 26.2 Å². The summed E-state index contributed by atoms with van der Waals surface area (Å²) < 4.78 is 20.3. The van der Waals surface area contributed by atoms with Gasteiger partial charge in [0.25, 0.3) is 0 Å². The topological polar surface area (TPSA) is 122 Å². The third kappa shape index (κ3) is 4.34. The van der Waals surface area contributed by atoms with Crippen molar-refractivity contribution in [2.45, 2.75) is 0 Å². The number of ether oxygens (including phenoxy) is 1. The first-order valence-corrected chi connectivity index (χ1v) is 9.08. The van der Waals surface area contributed by atoms with Crippen LogP contribution < -0.4 is 21.1 Å². The van der Waals surface area contributed by atoms with E-state index in [0.717, 1.165) is 0 Å². The lowest BCUT2D eigenvalue weighted by molar-refractivity contribution is 0.191. The summed E-state index contributed by atoms with van der Waals surface area (Å²) in [5, 5.41) is 14.1. The van der Waals surface area contributed by atoms with Crippen LogP contribution in [0.3, 0.4) is 0 Å². The molecular weight excluding hydrogens is 457 g/mol. The fourth-order valence-corrected chi connectivity index (χ4v) is 2.87. The zero-order chi connectivity index (χ0) is 20.3. The lowest BCUT2D eigenvalue weighted by Gasteiger charge is -2.13. The smallest absolute Gasteiger partial charge is 0.404 e. The number of nitrogens with zero attached hydrogens (tertiary/aromatic N) is 2. The number of nitrogen functional groups attached to an aromatic ring is 1. The molecule has 11 heteroatoms. The molecule has 0 radical (unpaired) electrons. The van der Waals surface area contributed by atoms with Gasteiger partial charge >= 0.3 is 6.09 Å². The largest absolute Gasteiger partial charge is 0.490 e. The highest BCUT2D eigenvalue weighted by Gasteiger charge is 2.14. The zero-order valence-corrected chi connectivity index (χ0v) is 16.5. The third-order valence-electron chi connectivity index (χ3n) is 3.69. The minimum Gasteiger partial charge on any atom is -0.490 e. The summed E-state index contributed by atoms with van der Waals surface area (Å²) in [5.74, 6) is 0.0666. The maximum atomic E-state index is 14.4. The number of halogens is 3. The van der Waals surface area contributed by atoms with Crippen LogP contribution in [0.1, 0.15) is 0 Å². The van der Waals surface area contributed by atoms with Gasteiger partial charge in [0.05, 0.1) is 28.5 Å². The van der Waals surface area contributed by atoms with Crippen LogP contribution in [0.4, 0.5) is 26.4 Å². The average Bonchev–Trinajstić information content (AvgIpc) is 2.66. The number of hydrogen-bond acceptors (Lipinski definition) is 6. The van der Waals surface area contributed by atoms with Gasteiger partial charge in [-0.2, -0.15) is 0 Å². The molecule has 5 N–H and O–H groups in total. The Labute approximate surface area is 172 Å². The van der Waals surface area contributed by atoms with Crippen LogP contribution in [0, 0.1) is 5.82 Å². The van der Waals surface area contributed by atoms with Crippen LogP contribution in [0.5, 0.6) is 5.75 Å². The maximum absolute atomic E-state index is 14.4. The number of anilines is 3. The van der Waals surface area contributed by atoms with Crippen molar-refractivity contribution < 1.29 is 19.0 Å². The van der Waals surface area contributed by atoms with E-state index in [9.17, 15) is 9.18 Å². The minimum absolute atomic E-state index is 0.0477. The van der Waals surface area contributed by atoms with E-state index in [1.807, 2.05) is 0 Å². The van der Waals surface area contributed by atoms with Crippen molar-refractivity contribution in [3.8, 4) is 5.75 Å². The summed E-state index contributed by atoms with van der Waals surface area (Å²) in [5.41, 5.74) is 6.98. The van der Waals surface area contributed by atoms with E-state index in [0.29, 0.717) is 32.6 Å². The molecule has 0 bridgehead atoms. The number of carbonyl (C=O) groups is 1. The lowest BCUT2D eigenvalue weighted by Crippen LogP contribution is -2.26. The van der Waals surface area contributed by atoms with Gasteiger partial charge in [-0.25, -0.2) is 19.2 Å². The number of hydrogen-bond donors (Lipinski definition) is 4. The van der Waals surface area contributed by atoms with Crippen LogP contribution in [0.25, 0.3) is 10.9 Å². The first-order chi connectivity index (χ1) is 13.4. The molecular formula is C17H14BrClFN5O3. The summed E-state index contributed by atoms with van der Waals surface area (Å²) >= 11 is 9.08. The van der Waals surface area contributed by atoms with Gasteiger partial charge in [0.1, 0.15) is 24.5 Å². The first-order valence-electron chi connectivity index (χ1n) is 7.91. The van der Waals surface area contributed by atoms with Crippen molar-refractivity contribution in [2.24, 2.45) is 0 Å². The number of rotatable bonds is 6. The van der Waals surface area contributed by atoms with E-state index in [4.69, 9.17) is 27.2 Å². The Balaban J connectivity index is 1.88. The summed E-state index contributed by atoms with van der Waals surface area (Å²) in [6, 6.07) is 6.33. The second-order valence-electron chi connectivity index (χ2n) is 5.56. The van der Waals surface area contributed by atoms with Gasteiger partial charge in [-0.3, -0.25) is 0 Å². The Bertz CT molecular complexity index is 1050. The van der Waals surface area contributed by atoms with E-state index >= 15 is 0 Å². The summed E-state index contributed by atoms with van der Waals surface area (Å²) in [7, 11) is 0. The van der Waals surface area contributed by atoms with Gasteiger partial charge in [-0.05, 0) is 34.1 Å². The molecule has 2 aromatic carbocycles. The normalized spacial score (nSPS) is 10.7. The van der Waals surface area contributed by atoms with Crippen molar-refractivity contribution in [3.63, 3.8) is 0 Å². The quantitative estimate of drug-likeness (QED) is 0.242. The monoisotopic (exact) mass is 469 g/mol. The van der Waals surface area contributed by atoms with Crippen LogP contribution >= 0.6 is 27.5 Å². The number of carboxylic acid groups (broad SMARTS) is 1. The molecule has 0 aliphatic heterocycles. The molecule has 1 amide bonds. The van der Waals surface area contributed by atoms with Gasteiger partial charge in [0, 0.05) is 15.9 Å². The van der Waals surface area contributed by atoms with E-state index < -0.39 is 11.9 Å². The van der Waals surface area contributed by atoms with Gasteiger partial charge in [-0.1, -0.05) is 11.6 Å². The van der Waals surface area contributed by atoms with Crippen LogP contribution in [-0.2, 0) is 0 Å². The number of nitrogens with two attached hydrogens (primary N) is 1. The molecule has 28 heavy (non-hydrogen) atoms. The van der Waals surface area contributed by atoms with Gasteiger partial charge in [0.2, 0.25) is 0 Å². The Morgan fingerprint density at radius 3 is 2.89 bits per heavy atom. The van der Waals surface area contributed by atoms with Crippen molar-refractivity contribution in [3.05, 3.63) is 45.9 Å². The molecule has 3 aromatic rings. The zero-order valence-electron chi connectivity index (χ0n) is 14.2. The van der Waals surface area contributed by atoms with Gasteiger partial charge in [-0.15, -0.1) is 0 Å². The number of fused-ring (bicyclic) bond motifs is 1. The van der Waals surface area contributed by atoms with Crippen LogP contribution in [0.15, 0.2) is 35.1 Å². The molecule has 0 aliphatic rings. The number of amides is 1. The molecule has 0 aliphatic carbocycles. The minimum atomic E-state index is -1.14. The lowest BCUT2D eigenvalue weighted by atomic mass is 10.2. The van der Waals surface area contributed by atoms with Gasteiger partial charge in [0.15, 0.2) is 5.82 Å². The van der Waals surface area contributed by atoms with E-state index in [-0.39, 0.29) is 23.9 Å². The predicted octanol–water partition coefficient (Wildman–Crippen LogP) is 4.16. The Hall–Kier alpha value is -2.85. The second kappa shape index (κ2) is 8.44. The molecule has 0 fully saturated rings. The SMILES string of the molecule is Nc1cc2c(Nc3ccc(Br)c(Cl)c3F)ncnc2cc1OCCNC(=O)O. The van der Waals surface area contributed by atoms with Crippen molar-refractivity contribution in [1.82, 2.24) is 15.3 Å². The maximum Gasteiger partial charge on any atom is 0.404 e. The summed E-state index contributed by atoms with van der Waals surface area (Å²) in [6.45, 7) is 0.202. The van der Waals surface area contributed by atoms with E-state index in [1.54, 1.807) is 18.2 Å². The summed E-state index contributed by atoms with van der Waals surface area (Å²) in [6.07, 6.45) is 0.174.